The van der Waals surface area contributed by atoms with Crippen LogP contribution in [0, 0.1) is 0 Å². The van der Waals surface area contributed by atoms with Crippen LogP contribution in [0.25, 0.3) is 0 Å². The third-order valence-electron chi connectivity index (χ3n) is 3.28. The van der Waals surface area contributed by atoms with Gasteiger partial charge in [0.05, 0.1) is 11.4 Å². The summed E-state index contributed by atoms with van der Waals surface area (Å²) in [5.41, 5.74) is 2.94. The van der Waals surface area contributed by atoms with Crippen molar-refractivity contribution in [3.63, 3.8) is 0 Å². The van der Waals surface area contributed by atoms with E-state index in [1.807, 2.05) is 11.7 Å². The first-order valence-electron chi connectivity index (χ1n) is 6.71. The first kappa shape index (κ1) is 14.4. The van der Waals surface area contributed by atoms with Crippen LogP contribution in [0.3, 0.4) is 0 Å². The van der Waals surface area contributed by atoms with Gasteiger partial charge >= 0.3 is 0 Å². The van der Waals surface area contributed by atoms with Gasteiger partial charge in [-0.15, -0.1) is 0 Å². The third-order valence-corrected chi connectivity index (χ3v) is 3.28. The van der Waals surface area contributed by atoms with Gasteiger partial charge in [0.25, 0.3) is 0 Å². The molecule has 0 radical (unpaired) electrons. The van der Waals surface area contributed by atoms with Gasteiger partial charge in [-0.1, -0.05) is 19.9 Å². The van der Waals surface area contributed by atoms with E-state index in [1.54, 1.807) is 12.1 Å². The summed E-state index contributed by atoms with van der Waals surface area (Å²) in [7, 11) is 1.93. The predicted octanol–water partition coefficient (Wildman–Crippen LogP) is 2.24. The second-order valence-corrected chi connectivity index (χ2v) is 5.26. The first-order valence-corrected chi connectivity index (χ1v) is 6.71. The fourth-order valence-corrected chi connectivity index (χ4v) is 2.00. The van der Waals surface area contributed by atoms with Gasteiger partial charge in [-0.05, 0) is 18.1 Å². The topological polar surface area (TPSA) is 70.3 Å². The molecule has 1 heterocycles. The van der Waals surface area contributed by atoms with Gasteiger partial charge in [0.2, 0.25) is 0 Å². The van der Waals surface area contributed by atoms with E-state index >= 15 is 0 Å². The molecule has 108 valence electrons. The number of benzene rings is 1. The normalized spacial score (nSPS) is 11.2. The highest BCUT2D eigenvalue weighted by Gasteiger charge is 2.08. The van der Waals surface area contributed by atoms with Crippen molar-refractivity contribution in [3.8, 4) is 11.5 Å². The molecule has 0 aliphatic carbocycles. The van der Waals surface area contributed by atoms with E-state index in [-0.39, 0.29) is 11.5 Å². The Balaban J connectivity index is 1.96. The van der Waals surface area contributed by atoms with Crippen molar-refractivity contribution in [1.82, 2.24) is 15.1 Å². The summed E-state index contributed by atoms with van der Waals surface area (Å²) < 4.78 is 1.87. The second-order valence-electron chi connectivity index (χ2n) is 5.26. The Morgan fingerprint density at radius 1 is 1.20 bits per heavy atom. The number of nitrogens with zero attached hydrogens (tertiary/aromatic N) is 2. The zero-order chi connectivity index (χ0) is 14.7. The molecule has 0 fully saturated rings. The van der Waals surface area contributed by atoms with Gasteiger partial charge in [-0.3, -0.25) is 4.68 Å². The van der Waals surface area contributed by atoms with Crippen LogP contribution in [0.4, 0.5) is 0 Å². The van der Waals surface area contributed by atoms with Gasteiger partial charge in [0, 0.05) is 31.8 Å². The minimum atomic E-state index is 0.0689. The number of hydrogen-bond acceptors (Lipinski definition) is 4. The molecule has 0 aliphatic rings. The van der Waals surface area contributed by atoms with Crippen molar-refractivity contribution in [2.24, 2.45) is 7.05 Å². The summed E-state index contributed by atoms with van der Waals surface area (Å²) in [4.78, 5) is 0. The molecule has 2 rings (SSSR count). The molecule has 5 heteroatoms. The van der Waals surface area contributed by atoms with E-state index in [9.17, 15) is 10.2 Å². The standard InChI is InChI=1S/C15H21N3O2/c1-10(2)14-6-12(18(3)17-14)9-16-8-11-4-5-13(19)7-15(11)20/h4-7,10,16,19-20H,8-9H2,1-3H3. The molecule has 0 atom stereocenters. The number of aromatic nitrogens is 2. The number of hydrogen-bond donors (Lipinski definition) is 3. The Kier molecular flexibility index (Phi) is 4.29. The summed E-state index contributed by atoms with van der Waals surface area (Å²) in [6.45, 7) is 5.45. The van der Waals surface area contributed by atoms with E-state index in [2.05, 4.69) is 30.3 Å². The van der Waals surface area contributed by atoms with Gasteiger partial charge in [-0.25, -0.2) is 0 Å². The van der Waals surface area contributed by atoms with Crippen LogP contribution < -0.4 is 5.32 Å². The molecule has 0 unspecified atom stereocenters. The van der Waals surface area contributed by atoms with Crippen LogP contribution in [0.1, 0.15) is 36.7 Å². The Bertz CT molecular complexity index is 591. The predicted molar refractivity (Wildman–Crippen MR) is 77.6 cm³/mol. The van der Waals surface area contributed by atoms with Gasteiger partial charge < -0.3 is 15.5 Å². The summed E-state index contributed by atoms with van der Waals surface area (Å²) in [6.07, 6.45) is 0. The number of aromatic hydroxyl groups is 2. The zero-order valence-electron chi connectivity index (χ0n) is 12.1. The average molecular weight is 275 g/mol. The number of aryl methyl sites for hydroxylation is 1. The maximum absolute atomic E-state index is 9.70. The zero-order valence-corrected chi connectivity index (χ0v) is 12.1. The molecule has 0 saturated heterocycles. The number of rotatable bonds is 5. The number of nitrogens with one attached hydrogen (secondary N) is 1. The van der Waals surface area contributed by atoms with E-state index in [0.717, 1.165) is 17.0 Å². The van der Waals surface area contributed by atoms with Crippen LogP contribution in [0.5, 0.6) is 11.5 Å². The largest absolute Gasteiger partial charge is 0.508 e. The Hall–Kier alpha value is -2.01. The molecular weight excluding hydrogens is 254 g/mol. The smallest absolute Gasteiger partial charge is 0.123 e. The summed E-state index contributed by atoms with van der Waals surface area (Å²) in [6, 6.07) is 6.71. The molecule has 1 aromatic heterocycles. The van der Waals surface area contributed by atoms with Crippen molar-refractivity contribution in [2.45, 2.75) is 32.9 Å². The Morgan fingerprint density at radius 2 is 1.95 bits per heavy atom. The molecule has 5 nitrogen and oxygen atoms in total. The maximum Gasteiger partial charge on any atom is 0.123 e. The summed E-state index contributed by atoms with van der Waals surface area (Å²) >= 11 is 0. The van der Waals surface area contributed by atoms with Crippen LogP contribution in [0.15, 0.2) is 24.3 Å². The lowest BCUT2D eigenvalue weighted by molar-refractivity contribution is 0.443. The van der Waals surface area contributed by atoms with Crippen LogP contribution in [-0.2, 0) is 20.1 Å². The molecular formula is C15H21N3O2. The fraction of sp³-hybridized carbons (Fsp3) is 0.400. The molecule has 0 amide bonds. The van der Waals surface area contributed by atoms with Gasteiger partial charge in [0.1, 0.15) is 11.5 Å². The molecule has 0 spiro atoms. The molecule has 3 N–H and O–H groups in total. The van der Waals surface area contributed by atoms with Gasteiger partial charge in [0.15, 0.2) is 0 Å². The lowest BCUT2D eigenvalue weighted by Crippen LogP contribution is -2.15. The fourth-order valence-electron chi connectivity index (χ4n) is 2.00. The molecule has 2 aromatic rings. The van der Waals surface area contributed by atoms with E-state index in [1.165, 1.54) is 6.07 Å². The van der Waals surface area contributed by atoms with Crippen molar-refractivity contribution < 1.29 is 10.2 Å². The Labute approximate surface area is 118 Å². The highest BCUT2D eigenvalue weighted by Crippen LogP contribution is 2.22. The number of phenols is 2. The second kappa shape index (κ2) is 5.96. The van der Waals surface area contributed by atoms with Crippen molar-refractivity contribution in [1.29, 1.82) is 0 Å². The third kappa shape index (κ3) is 3.30. The lowest BCUT2D eigenvalue weighted by atomic mass is 10.1. The van der Waals surface area contributed by atoms with Crippen molar-refractivity contribution in [2.75, 3.05) is 0 Å². The van der Waals surface area contributed by atoms with E-state index in [4.69, 9.17) is 0 Å². The lowest BCUT2D eigenvalue weighted by Gasteiger charge is -2.07. The summed E-state index contributed by atoms with van der Waals surface area (Å²) in [5.74, 6) is 0.584. The number of phenolic OH excluding ortho intramolecular Hbond substituents is 2. The first-order chi connectivity index (χ1) is 9.47. The molecule has 0 bridgehead atoms. The van der Waals surface area contributed by atoms with Crippen molar-refractivity contribution >= 4 is 0 Å². The molecule has 20 heavy (non-hydrogen) atoms. The highest BCUT2D eigenvalue weighted by molar-refractivity contribution is 5.38. The molecule has 1 aromatic carbocycles. The monoisotopic (exact) mass is 275 g/mol. The van der Waals surface area contributed by atoms with Crippen molar-refractivity contribution in [3.05, 3.63) is 41.2 Å². The van der Waals surface area contributed by atoms with E-state index < -0.39 is 0 Å². The molecule has 0 aliphatic heterocycles. The average Bonchev–Trinajstić information content (AvgIpc) is 2.74. The summed E-state index contributed by atoms with van der Waals surface area (Å²) in [5, 5.41) is 26.7. The molecule has 0 saturated carbocycles. The maximum atomic E-state index is 9.70. The van der Waals surface area contributed by atoms with Crippen LogP contribution >= 0.6 is 0 Å². The van der Waals surface area contributed by atoms with E-state index in [0.29, 0.717) is 19.0 Å². The van der Waals surface area contributed by atoms with Crippen LogP contribution in [0.2, 0.25) is 0 Å². The quantitative estimate of drug-likeness (QED) is 0.782. The Morgan fingerprint density at radius 3 is 2.55 bits per heavy atom. The van der Waals surface area contributed by atoms with Gasteiger partial charge in [-0.2, -0.15) is 5.10 Å². The highest BCUT2D eigenvalue weighted by atomic mass is 16.3. The minimum Gasteiger partial charge on any atom is -0.508 e. The van der Waals surface area contributed by atoms with Crippen LogP contribution in [-0.4, -0.2) is 20.0 Å². The SMILES string of the molecule is CC(C)c1cc(CNCc2ccc(O)cc2O)n(C)n1. The minimum absolute atomic E-state index is 0.0689.